The van der Waals surface area contributed by atoms with E-state index in [4.69, 9.17) is 11.6 Å². The third-order valence-electron chi connectivity index (χ3n) is 4.61. The zero-order chi connectivity index (χ0) is 18.1. The molecular weight excluding hydrogens is 346 g/mol. The van der Waals surface area contributed by atoms with Crippen LogP contribution in [0.3, 0.4) is 0 Å². The van der Waals surface area contributed by atoms with Gasteiger partial charge in [0.15, 0.2) is 0 Å². The van der Waals surface area contributed by atoms with Gasteiger partial charge in [0.25, 0.3) is 5.91 Å². The van der Waals surface area contributed by atoms with Gasteiger partial charge in [0.1, 0.15) is 5.82 Å². The molecule has 1 amide bonds. The number of halogens is 1. The maximum Gasteiger partial charge on any atom is 0.259 e. The Kier molecular flexibility index (Phi) is 4.35. The van der Waals surface area contributed by atoms with Crippen LogP contribution in [0.5, 0.6) is 0 Å². The number of carbonyl (C=O) groups excluding carboxylic acids is 1. The van der Waals surface area contributed by atoms with Gasteiger partial charge in [0.05, 0.1) is 5.56 Å². The van der Waals surface area contributed by atoms with Gasteiger partial charge in [-0.15, -0.1) is 0 Å². The number of nitrogens with zero attached hydrogens (tertiary/aromatic N) is 2. The Labute approximate surface area is 157 Å². The second-order valence-corrected chi connectivity index (χ2v) is 6.79. The van der Waals surface area contributed by atoms with E-state index < -0.39 is 0 Å². The van der Waals surface area contributed by atoms with Gasteiger partial charge in [-0.2, -0.15) is 0 Å². The van der Waals surface area contributed by atoms with Crippen molar-refractivity contribution in [2.75, 3.05) is 16.8 Å². The molecule has 1 aliphatic rings. The molecule has 2 aromatic carbocycles. The molecule has 0 saturated heterocycles. The summed E-state index contributed by atoms with van der Waals surface area (Å²) in [5.41, 5.74) is 4.76. The lowest BCUT2D eigenvalue weighted by Crippen LogP contribution is -2.28. The minimum Gasteiger partial charge on any atom is -0.340 e. The average molecular weight is 364 g/mol. The zero-order valence-electron chi connectivity index (χ0n) is 14.4. The van der Waals surface area contributed by atoms with E-state index in [-0.39, 0.29) is 5.91 Å². The van der Waals surface area contributed by atoms with Gasteiger partial charge >= 0.3 is 0 Å². The molecule has 1 aliphatic heterocycles. The highest BCUT2D eigenvalue weighted by molar-refractivity contribution is 6.30. The molecule has 0 bridgehead atoms. The molecule has 2 heterocycles. The van der Waals surface area contributed by atoms with Crippen molar-refractivity contribution in [2.45, 2.75) is 13.3 Å². The number of para-hydroxylation sites is 1. The summed E-state index contributed by atoms with van der Waals surface area (Å²) in [6.07, 6.45) is 2.51. The number of amides is 1. The first-order valence-electron chi connectivity index (χ1n) is 8.51. The fourth-order valence-corrected chi connectivity index (χ4v) is 3.34. The van der Waals surface area contributed by atoms with Crippen LogP contribution in [-0.4, -0.2) is 17.4 Å². The van der Waals surface area contributed by atoms with E-state index in [2.05, 4.69) is 16.4 Å². The molecule has 3 aromatic rings. The largest absolute Gasteiger partial charge is 0.340 e. The van der Waals surface area contributed by atoms with Gasteiger partial charge in [-0.05, 0) is 54.8 Å². The number of carbonyl (C=O) groups is 1. The highest BCUT2D eigenvalue weighted by Gasteiger charge is 2.25. The molecule has 0 unspecified atom stereocenters. The monoisotopic (exact) mass is 363 g/mol. The molecule has 0 aliphatic carbocycles. The van der Waals surface area contributed by atoms with Crippen molar-refractivity contribution < 1.29 is 4.79 Å². The van der Waals surface area contributed by atoms with Crippen LogP contribution in [0.25, 0.3) is 0 Å². The van der Waals surface area contributed by atoms with Gasteiger partial charge < -0.3 is 10.2 Å². The second-order valence-electron chi connectivity index (χ2n) is 6.35. The fourth-order valence-electron chi connectivity index (χ4n) is 3.17. The predicted octanol–water partition coefficient (Wildman–Crippen LogP) is 4.99. The van der Waals surface area contributed by atoms with Gasteiger partial charge in [-0.3, -0.25) is 4.79 Å². The van der Waals surface area contributed by atoms with Gasteiger partial charge in [-0.1, -0.05) is 35.9 Å². The number of aromatic nitrogens is 1. The van der Waals surface area contributed by atoms with Crippen molar-refractivity contribution in [3.8, 4) is 0 Å². The fraction of sp³-hybridized carbons (Fsp3) is 0.143. The standard InChI is InChI=1S/C21H18ClN3O/c1-14-6-8-17(22)12-18(14)24-20-9-7-16(13-23-20)21(26)25-11-10-15-4-2-3-5-19(15)25/h2-9,12-13H,10-11H2,1H3,(H,23,24). The number of anilines is 3. The van der Waals surface area contributed by atoms with Crippen molar-refractivity contribution in [1.29, 1.82) is 0 Å². The number of aryl methyl sites for hydroxylation is 1. The van der Waals surface area contributed by atoms with Crippen LogP contribution in [0, 0.1) is 6.92 Å². The summed E-state index contributed by atoms with van der Waals surface area (Å²) >= 11 is 6.05. The van der Waals surface area contributed by atoms with E-state index in [1.165, 1.54) is 5.56 Å². The molecular formula is C21H18ClN3O. The highest BCUT2D eigenvalue weighted by Crippen LogP contribution is 2.29. The van der Waals surface area contributed by atoms with Crippen LogP contribution in [0.2, 0.25) is 5.02 Å². The maximum atomic E-state index is 12.8. The number of hydrogen-bond donors (Lipinski definition) is 1. The zero-order valence-corrected chi connectivity index (χ0v) is 15.1. The third-order valence-corrected chi connectivity index (χ3v) is 4.84. The number of fused-ring (bicyclic) bond motifs is 1. The quantitative estimate of drug-likeness (QED) is 0.713. The van der Waals surface area contributed by atoms with E-state index in [1.54, 1.807) is 12.3 Å². The van der Waals surface area contributed by atoms with E-state index >= 15 is 0 Å². The molecule has 1 N–H and O–H groups in total. The first kappa shape index (κ1) is 16.6. The number of pyridine rings is 1. The molecule has 0 saturated carbocycles. The molecule has 4 rings (SSSR count). The molecule has 4 nitrogen and oxygen atoms in total. The summed E-state index contributed by atoms with van der Waals surface area (Å²) in [4.78, 5) is 19.0. The third kappa shape index (κ3) is 3.16. The summed E-state index contributed by atoms with van der Waals surface area (Å²) in [6, 6.07) is 17.3. The smallest absolute Gasteiger partial charge is 0.259 e. The highest BCUT2D eigenvalue weighted by atomic mass is 35.5. The first-order valence-corrected chi connectivity index (χ1v) is 8.88. The van der Waals surface area contributed by atoms with Gasteiger partial charge in [0, 0.05) is 29.1 Å². The van der Waals surface area contributed by atoms with Crippen LogP contribution in [-0.2, 0) is 6.42 Å². The molecule has 1 aromatic heterocycles. The SMILES string of the molecule is Cc1ccc(Cl)cc1Nc1ccc(C(=O)N2CCc3ccccc32)cn1. The summed E-state index contributed by atoms with van der Waals surface area (Å²) in [5.74, 6) is 0.654. The normalized spacial score (nSPS) is 12.8. The van der Waals surface area contributed by atoms with Crippen LogP contribution in [0.1, 0.15) is 21.5 Å². The molecule has 26 heavy (non-hydrogen) atoms. The second kappa shape index (κ2) is 6.81. The lowest BCUT2D eigenvalue weighted by Gasteiger charge is -2.17. The van der Waals surface area contributed by atoms with E-state index in [0.717, 1.165) is 23.4 Å². The summed E-state index contributed by atoms with van der Waals surface area (Å²) in [7, 11) is 0. The van der Waals surface area contributed by atoms with Crippen LogP contribution < -0.4 is 10.2 Å². The Morgan fingerprint density at radius 2 is 2.00 bits per heavy atom. The molecule has 5 heteroatoms. The number of hydrogen-bond acceptors (Lipinski definition) is 3. The number of rotatable bonds is 3. The van der Waals surface area contributed by atoms with Gasteiger partial charge in [0.2, 0.25) is 0 Å². The number of benzene rings is 2. The summed E-state index contributed by atoms with van der Waals surface area (Å²) in [5, 5.41) is 3.91. The number of nitrogens with one attached hydrogen (secondary N) is 1. The lowest BCUT2D eigenvalue weighted by molar-refractivity contribution is 0.0989. The molecule has 0 atom stereocenters. The first-order chi connectivity index (χ1) is 12.6. The minimum atomic E-state index is -0.0204. The minimum absolute atomic E-state index is 0.0204. The van der Waals surface area contributed by atoms with Crippen molar-refractivity contribution in [3.63, 3.8) is 0 Å². The Morgan fingerprint density at radius 3 is 2.81 bits per heavy atom. The van der Waals surface area contributed by atoms with Crippen molar-refractivity contribution >= 4 is 34.7 Å². The summed E-state index contributed by atoms with van der Waals surface area (Å²) in [6.45, 7) is 2.71. The maximum absolute atomic E-state index is 12.8. The predicted molar refractivity (Wildman–Crippen MR) is 106 cm³/mol. The van der Waals surface area contributed by atoms with Crippen LogP contribution in [0.4, 0.5) is 17.2 Å². The van der Waals surface area contributed by atoms with Crippen LogP contribution in [0.15, 0.2) is 60.8 Å². The molecule has 0 spiro atoms. The topological polar surface area (TPSA) is 45.2 Å². The van der Waals surface area contributed by atoms with Crippen molar-refractivity contribution in [3.05, 3.63) is 82.5 Å². The van der Waals surface area contributed by atoms with Crippen LogP contribution >= 0.6 is 11.6 Å². The summed E-state index contributed by atoms with van der Waals surface area (Å²) < 4.78 is 0. The Morgan fingerprint density at radius 1 is 1.15 bits per heavy atom. The Balaban J connectivity index is 1.53. The van der Waals surface area contributed by atoms with Gasteiger partial charge in [-0.25, -0.2) is 4.98 Å². The molecule has 130 valence electrons. The van der Waals surface area contributed by atoms with E-state index in [1.807, 2.05) is 54.3 Å². The van der Waals surface area contributed by atoms with E-state index in [9.17, 15) is 4.79 Å². The Hall–Kier alpha value is -2.85. The Bertz CT molecular complexity index is 969. The van der Waals surface area contributed by atoms with Crippen molar-refractivity contribution in [2.24, 2.45) is 0 Å². The molecule has 0 fully saturated rings. The van der Waals surface area contributed by atoms with Crippen molar-refractivity contribution in [1.82, 2.24) is 4.98 Å². The average Bonchev–Trinajstić information content (AvgIpc) is 3.09. The van der Waals surface area contributed by atoms with E-state index in [0.29, 0.717) is 22.9 Å². The lowest BCUT2D eigenvalue weighted by atomic mass is 10.2. The molecule has 0 radical (unpaired) electrons.